The Morgan fingerprint density at radius 1 is 0.333 bits per heavy atom. The summed E-state index contributed by atoms with van der Waals surface area (Å²) < 4.78 is 0. The van der Waals surface area contributed by atoms with E-state index in [4.69, 9.17) is 0 Å². The van der Waals surface area contributed by atoms with E-state index < -0.39 is 0 Å². The maximum atomic E-state index is 12.6. The Morgan fingerprint density at radius 3 is 0.985 bits per heavy atom. The van der Waals surface area contributed by atoms with Crippen LogP contribution in [0.4, 0.5) is 17.1 Å². The van der Waals surface area contributed by atoms with E-state index in [-0.39, 0.29) is 17.7 Å². The van der Waals surface area contributed by atoms with Gasteiger partial charge in [-0.2, -0.15) is 0 Å². The molecule has 4 heterocycles. The third kappa shape index (κ3) is 11.2. The van der Waals surface area contributed by atoms with Crippen LogP contribution in [0, 0.1) is 0 Å². The summed E-state index contributed by atoms with van der Waals surface area (Å²) in [5.74, 6) is -0.135. The van der Waals surface area contributed by atoms with Crippen LogP contribution in [0.3, 0.4) is 0 Å². The number of rotatable bonds is 16. The highest BCUT2D eigenvalue weighted by molar-refractivity contribution is 5.94. The van der Waals surface area contributed by atoms with Gasteiger partial charge in [-0.15, -0.1) is 0 Å². The van der Waals surface area contributed by atoms with Crippen LogP contribution in [0.25, 0.3) is 77.9 Å². The van der Waals surface area contributed by atoms with Gasteiger partial charge in [-0.1, -0.05) is 63.2 Å². The molecule has 0 atom stereocenters. The van der Waals surface area contributed by atoms with E-state index in [9.17, 15) is 14.4 Å². The Morgan fingerprint density at radius 2 is 0.621 bits per heavy atom. The van der Waals surface area contributed by atoms with Crippen molar-refractivity contribution < 1.29 is 14.4 Å². The number of carbonyl (C=O) groups is 3. The van der Waals surface area contributed by atoms with Gasteiger partial charge in [0.2, 0.25) is 17.7 Å². The number of amides is 3. The van der Waals surface area contributed by atoms with E-state index in [1.165, 1.54) is 0 Å². The fourth-order valence-electron chi connectivity index (χ4n) is 7.90. The van der Waals surface area contributed by atoms with E-state index in [0.29, 0.717) is 36.3 Å². The molecule has 3 amide bonds. The van der Waals surface area contributed by atoms with Crippen LogP contribution < -0.4 is 16.0 Å². The topological polar surface area (TPSA) is 139 Å². The van der Waals surface area contributed by atoms with E-state index in [0.717, 1.165) is 97.2 Å². The lowest BCUT2D eigenvalue weighted by atomic mass is 9.89. The zero-order chi connectivity index (χ0) is 45.8. The van der Waals surface area contributed by atoms with E-state index in [2.05, 4.69) is 109 Å². The first-order valence-electron chi connectivity index (χ1n) is 22.4. The molecule has 4 aromatic heterocycles. The third-order valence-corrected chi connectivity index (χ3v) is 11.1. The van der Waals surface area contributed by atoms with E-state index in [1.807, 2.05) is 88.0 Å². The van der Waals surface area contributed by atoms with Crippen molar-refractivity contribution in [1.29, 1.82) is 0 Å². The molecule has 0 spiro atoms. The highest BCUT2D eigenvalue weighted by Crippen LogP contribution is 2.39. The van der Waals surface area contributed by atoms with Crippen molar-refractivity contribution in [2.45, 2.75) is 59.3 Å². The Hall–Kier alpha value is -8.11. The lowest BCUT2D eigenvalue weighted by Crippen LogP contribution is -2.10. The van der Waals surface area contributed by atoms with Crippen LogP contribution in [-0.4, -0.2) is 37.7 Å². The summed E-state index contributed by atoms with van der Waals surface area (Å²) in [5, 5.41) is 8.97. The van der Waals surface area contributed by atoms with Crippen molar-refractivity contribution in [2.75, 3.05) is 16.0 Å². The molecule has 0 unspecified atom stereocenters. The summed E-state index contributed by atoms with van der Waals surface area (Å²) in [5.41, 5.74) is 15.3. The normalized spacial score (nSPS) is 10.9. The number of hydrogen-bond donors (Lipinski definition) is 3. The first-order valence-corrected chi connectivity index (χ1v) is 22.4. The molecule has 0 saturated carbocycles. The molecule has 10 heteroatoms. The zero-order valence-electron chi connectivity index (χ0n) is 37.3. The number of nitrogens with one attached hydrogen (secondary N) is 3. The Labute approximate surface area is 385 Å². The average Bonchev–Trinajstić information content (AvgIpc) is 3.34. The lowest BCUT2D eigenvalue weighted by molar-refractivity contribution is -0.117. The minimum absolute atomic E-state index is 0.0419. The summed E-state index contributed by atoms with van der Waals surface area (Å²) in [7, 11) is 0. The third-order valence-electron chi connectivity index (χ3n) is 11.1. The molecule has 0 bridgehead atoms. The van der Waals surface area contributed by atoms with Crippen LogP contribution in [0.2, 0.25) is 0 Å². The number of carbonyl (C=O) groups excluding carboxylic acids is 3. The van der Waals surface area contributed by atoms with Gasteiger partial charge < -0.3 is 16.0 Å². The SMILES string of the molecule is CCCC(=O)Nc1cncc(-c2cccc(-c3cc(-c4cccc(-c5cncc(NC(=O)CCC)c5)c4)cc(-c4cc(-c5cccnc5)cc(-c5cncc(NC(=O)CCC)c5)c4)c3)c2)c1. The first-order chi connectivity index (χ1) is 32.2. The molecule has 0 aliphatic carbocycles. The molecule has 66 heavy (non-hydrogen) atoms. The largest absolute Gasteiger partial charge is 0.325 e. The highest BCUT2D eigenvalue weighted by atomic mass is 16.2. The first kappa shape index (κ1) is 44.5. The number of anilines is 3. The van der Waals surface area contributed by atoms with Crippen LogP contribution in [-0.2, 0) is 14.4 Å². The van der Waals surface area contributed by atoms with Crippen molar-refractivity contribution >= 4 is 34.8 Å². The number of hydrogen-bond acceptors (Lipinski definition) is 7. The second-order valence-corrected chi connectivity index (χ2v) is 16.3. The van der Waals surface area contributed by atoms with Gasteiger partial charge in [0, 0.05) is 72.5 Å². The fourth-order valence-corrected chi connectivity index (χ4v) is 7.90. The lowest BCUT2D eigenvalue weighted by Gasteiger charge is -2.16. The second-order valence-electron chi connectivity index (χ2n) is 16.3. The Bertz CT molecular complexity index is 2900. The maximum Gasteiger partial charge on any atom is 0.224 e. The fraction of sp³-hybridized carbons (Fsp3) is 0.161. The van der Waals surface area contributed by atoms with Gasteiger partial charge in [0.25, 0.3) is 0 Å². The predicted octanol–water partition coefficient (Wildman–Crippen LogP) is 13.2. The molecule has 0 fully saturated rings. The number of benzene rings is 4. The molecule has 0 radical (unpaired) electrons. The van der Waals surface area contributed by atoms with Crippen molar-refractivity contribution in [2.24, 2.45) is 0 Å². The molecule has 0 saturated heterocycles. The number of nitrogens with zero attached hydrogens (tertiary/aromatic N) is 4. The summed E-state index contributed by atoms with van der Waals surface area (Å²) in [6.45, 7) is 5.94. The molecule has 4 aromatic carbocycles. The summed E-state index contributed by atoms with van der Waals surface area (Å²) >= 11 is 0. The molecule has 3 N–H and O–H groups in total. The zero-order valence-corrected chi connectivity index (χ0v) is 37.3. The van der Waals surface area contributed by atoms with Gasteiger partial charge >= 0.3 is 0 Å². The highest BCUT2D eigenvalue weighted by Gasteiger charge is 2.15. The molecular formula is C56H51N7O3. The van der Waals surface area contributed by atoms with Crippen LogP contribution in [0.1, 0.15) is 59.3 Å². The van der Waals surface area contributed by atoms with Gasteiger partial charge in [-0.3, -0.25) is 34.3 Å². The molecular weight excluding hydrogens is 819 g/mol. The Balaban J connectivity index is 1.27. The number of aromatic nitrogens is 4. The van der Waals surface area contributed by atoms with Crippen LogP contribution in [0.5, 0.6) is 0 Å². The second kappa shape index (κ2) is 21.0. The summed E-state index contributed by atoms with van der Waals surface area (Å²) in [6, 6.07) is 39.7. The van der Waals surface area contributed by atoms with Crippen LogP contribution in [0.15, 0.2) is 165 Å². The quantitative estimate of drug-likeness (QED) is 0.0878. The monoisotopic (exact) mass is 869 g/mol. The summed E-state index contributed by atoms with van der Waals surface area (Å²) in [6.07, 6.45) is 17.6. The average molecular weight is 870 g/mol. The maximum absolute atomic E-state index is 12.6. The van der Waals surface area contributed by atoms with E-state index >= 15 is 0 Å². The molecule has 328 valence electrons. The van der Waals surface area contributed by atoms with E-state index in [1.54, 1.807) is 24.8 Å². The molecule has 8 rings (SSSR count). The van der Waals surface area contributed by atoms with Crippen molar-refractivity contribution in [1.82, 2.24) is 19.9 Å². The molecule has 0 aliphatic heterocycles. The molecule has 0 aliphatic rings. The van der Waals surface area contributed by atoms with Gasteiger partial charge in [0.15, 0.2) is 0 Å². The van der Waals surface area contributed by atoms with Gasteiger partial charge in [-0.25, -0.2) is 0 Å². The number of pyridine rings is 4. The van der Waals surface area contributed by atoms with Gasteiger partial charge in [0.05, 0.1) is 35.7 Å². The molecule has 8 aromatic rings. The molecule has 10 nitrogen and oxygen atoms in total. The minimum Gasteiger partial charge on any atom is -0.325 e. The van der Waals surface area contributed by atoms with Crippen molar-refractivity contribution in [3.8, 4) is 77.9 Å². The van der Waals surface area contributed by atoms with Gasteiger partial charge in [-0.05, 0) is 148 Å². The predicted molar refractivity (Wildman–Crippen MR) is 266 cm³/mol. The van der Waals surface area contributed by atoms with Crippen molar-refractivity contribution in [3.05, 3.63) is 165 Å². The Kier molecular flexibility index (Phi) is 14.2. The van der Waals surface area contributed by atoms with Crippen LogP contribution >= 0.6 is 0 Å². The van der Waals surface area contributed by atoms with Gasteiger partial charge in [0.1, 0.15) is 0 Å². The standard InChI is InChI=1S/C56H51N7O3/c1-4-10-54(64)61-51-27-48(31-58-34-51)39-15-7-13-37(19-39)42-21-43(38-14-8-16-40(20-38)49-28-52(35-59-32-49)62-55(65)11-5-2)23-45(22-42)46-24-44(41-17-9-18-57-30-41)25-47(26-46)50-29-53(36-60-33-50)63-56(66)12-6-3/h7-9,13-36H,4-6,10-12H2,1-3H3,(H,61,64)(H,62,65)(H,63,66). The summed E-state index contributed by atoms with van der Waals surface area (Å²) in [4.78, 5) is 55.5. The van der Waals surface area contributed by atoms with Crippen molar-refractivity contribution in [3.63, 3.8) is 0 Å². The smallest absolute Gasteiger partial charge is 0.224 e. The minimum atomic E-state index is -0.0517.